The minimum absolute atomic E-state index is 1.05. The SMILES string of the molecule is CNCCCc1cnn(-c2ccc(Br)cc2)c1. The van der Waals surface area contributed by atoms with Crippen molar-refractivity contribution in [2.24, 2.45) is 0 Å². The number of aryl methyl sites for hydroxylation is 1. The quantitative estimate of drug-likeness (QED) is 0.859. The van der Waals surface area contributed by atoms with Gasteiger partial charge in [-0.1, -0.05) is 15.9 Å². The molecule has 0 amide bonds. The Morgan fingerprint density at radius 1 is 1.29 bits per heavy atom. The molecule has 0 aliphatic carbocycles. The van der Waals surface area contributed by atoms with Crippen LogP contribution in [-0.2, 0) is 6.42 Å². The standard InChI is InChI=1S/C13H16BrN3/c1-15-8-2-3-11-9-16-17(10-11)13-6-4-12(14)5-7-13/h4-7,9-10,15H,2-3,8H2,1H3. The topological polar surface area (TPSA) is 29.9 Å². The second-order valence-corrected chi connectivity index (χ2v) is 4.89. The monoisotopic (exact) mass is 293 g/mol. The van der Waals surface area contributed by atoms with Crippen LogP contribution in [0.1, 0.15) is 12.0 Å². The van der Waals surface area contributed by atoms with Crippen LogP contribution in [0, 0.1) is 0 Å². The Morgan fingerprint density at radius 3 is 2.76 bits per heavy atom. The molecular weight excluding hydrogens is 278 g/mol. The van der Waals surface area contributed by atoms with Gasteiger partial charge in [-0.3, -0.25) is 0 Å². The maximum Gasteiger partial charge on any atom is 0.0646 e. The third-order valence-corrected chi connectivity index (χ3v) is 3.15. The maximum atomic E-state index is 4.38. The lowest BCUT2D eigenvalue weighted by atomic mass is 10.2. The number of benzene rings is 1. The van der Waals surface area contributed by atoms with E-state index in [2.05, 4.69) is 44.7 Å². The van der Waals surface area contributed by atoms with Crippen molar-refractivity contribution < 1.29 is 0 Å². The largest absolute Gasteiger partial charge is 0.320 e. The lowest BCUT2D eigenvalue weighted by Gasteiger charge is -2.00. The van der Waals surface area contributed by atoms with Gasteiger partial charge in [0, 0.05) is 10.7 Å². The lowest BCUT2D eigenvalue weighted by Crippen LogP contribution is -2.08. The highest BCUT2D eigenvalue weighted by Crippen LogP contribution is 2.14. The van der Waals surface area contributed by atoms with Crippen LogP contribution in [0.3, 0.4) is 0 Å². The van der Waals surface area contributed by atoms with Gasteiger partial charge in [0.15, 0.2) is 0 Å². The van der Waals surface area contributed by atoms with Gasteiger partial charge in [0.25, 0.3) is 0 Å². The molecular formula is C13H16BrN3. The van der Waals surface area contributed by atoms with E-state index in [1.54, 1.807) is 0 Å². The maximum absolute atomic E-state index is 4.38. The highest BCUT2D eigenvalue weighted by molar-refractivity contribution is 9.10. The molecule has 90 valence electrons. The fourth-order valence-corrected chi connectivity index (χ4v) is 1.96. The zero-order chi connectivity index (χ0) is 12.1. The van der Waals surface area contributed by atoms with Gasteiger partial charge in [0.2, 0.25) is 0 Å². The van der Waals surface area contributed by atoms with E-state index < -0.39 is 0 Å². The van der Waals surface area contributed by atoms with Gasteiger partial charge in [-0.05, 0) is 56.3 Å². The Hall–Kier alpha value is -1.13. The van der Waals surface area contributed by atoms with Crippen LogP contribution in [0.5, 0.6) is 0 Å². The summed E-state index contributed by atoms with van der Waals surface area (Å²) in [6.45, 7) is 1.05. The van der Waals surface area contributed by atoms with Crippen molar-refractivity contribution in [3.05, 3.63) is 46.7 Å². The molecule has 0 spiro atoms. The fraction of sp³-hybridized carbons (Fsp3) is 0.308. The molecule has 0 aliphatic rings. The Kier molecular flexibility index (Phi) is 4.34. The van der Waals surface area contributed by atoms with Crippen molar-refractivity contribution in [2.75, 3.05) is 13.6 Å². The first-order valence-electron chi connectivity index (χ1n) is 5.73. The average Bonchev–Trinajstić information content (AvgIpc) is 2.79. The van der Waals surface area contributed by atoms with Gasteiger partial charge < -0.3 is 5.32 Å². The average molecular weight is 294 g/mol. The van der Waals surface area contributed by atoms with Gasteiger partial charge in [-0.15, -0.1) is 0 Å². The fourth-order valence-electron chi connectivity index (χ4n) is 1.69. The molecule has 0 atom stereocenters. The van der Waals surface area contributed by atoms with E-state index in [-0.39, 0.29) is 0 Å². The van der Waals surface area contributed by atoms with Gasteiger partial charge >= 0.3 is 0 Å². The number of hydrogen-bond acceptors (Lipinski definition) is 2. The van der Waals surface area contributed by atoms with E-state index in [0.29, 0.717) is 0 Å². The zero-order valence-corrected chi connectivity index (χ0v) is 11.4. The number of nitrogens with zero attached hydrogens (tertiary/aromatic N) is 2. The minimum Gasteiger partial charge on any atom is -0.320 e. The molecule has 4 heteroatoms. The molecule has 0 saturated heterocycles. The molecule has 1 N–H and O–H groups in total. The van der Waals surface area contributed by atoms with Crippen molar-refractivity contribution in [3.63, 3.8) is 0 Å². The first-order chi connectivity index (χ1) is 8.29. The van der Waals surface area contributed by atoms with E-state index in [1.165, 1.54) is 5.56 Å². The first kappa shape index (κ1) is 12.3. The van der Waals surface area contributed by atoms with Crippen LogP contribution in [0.4, 0.5) is 0 Å². The number of nitrogens with one attached hydrogen (secondary N) is 1. The van der Waals surface area contributed by atoms with Crippen LogP contribution >= 0.6 is 15.9 Å². The van der Waals surface area contributed by atoms with Crippen molar-refractivity contribution in [3.8, 4) is 5.69 Å². The Balaban J connectivity index is 2.04. The second-order valence-electron chi connectivity index (χ2n) is 3.98. The number of hydrogen-bond donors (Lipinski definition) is 1. The molecule has 1 aromatic heterocycles. The van der Waals surface area contributed by atoms with Crippen LogP contribution in [0.2, 0.25) is 0 Å². The minimum atomic E-state index is 1.05. The van der Waals surface area contributed by atoms with Gasteiger partial charge in [0.1, 0.15) is 0 Å². The second kappa shape index (κ2) is 5.98. The van der Waals surface area contributed by atoms with Crippen LogP contribution in [0.25, 0.3) is 5.69 Å². The van der Waals surface area contributed by atoms with E-state index in [1.807, 2.05) is 30.1 Å². The normalized spacial score (nSPS) is 10.7. The summed E-state index contributed by atoms with van der Waals surface area (Å²) in [6, 6.07) is 8.15. The van der Waals surface area contributed by atoms with E-state index >= 15 is 0 Å². The molecule has 2 aromatic rings. The van der Waals surface area contributed by atoms with Crippen molar-refractivity contribution in [2.45, 2.75) is 12.8 Å². The van der Waals surface area contributed by atoms with Crippen LogP contribution < -0.4 is 5.32 Å². The molecule has 2 rings (SSSR count). The van der Waals surface area contributed by atoms with Crippen LogP contribution in [-0.4, -0.2) is 23.4 Å². The molecule has 0 fully saturated rings. The highest BCUT2D eigenvalue weighted by Gasteiger charge is 2.00. The summed E-state index contributed by atoms with van der Waals surface area (Å²) in [5, 5.41) is 7.53. The first-order valence-corrected chi connectivity index (χ1v) is 6.53. The predicted molar refractivity (Wildman–Crippen MR) is 73.5 cm³/mol. The summed E-state index contributed by atoms with van der Waals surface area (Å²) in [5.74, 6) is 0. The molecule has 0 unspecified atom stereocenters. The summed E-state index contributed by atoms with van der Waals surface area (Å²) >= 11 is 3.43. The molecule has 3 nitrogen and oxygen atoms in total. The Bertz CT molecular complexity index is 462. The molecule has 1 heterocycles. The summed E-state index contributed by atoms with van der Waals surface area (Å²) in [5.41, 5.74) is 2.37. The summed E-state index contributed by atoms with van der Waals surface area (Å²) < 4.78 is 3.00. The Labute approximate surface area is 110 Å². The third kappa shape index (κ3) is 3.41. The van der Waals surface area contributed by atoms with Gasteiger partial charge in [-0.25, -0.2) is 4.68 Å². The molecule has 1 aromatic carbocycles. The summed E-state index contributed by atoms with van der Waals surface area (Å²) in [7, 11) is 1.98. The van der Waals surface area contributed by atoms with Gasteiger partial charge in [-0.2, -0.15) is 5.10 Å². The lowest BCUT2D eigenvalue weighted by molar-refractivity contribution is 0.724. The smallest absolute Gasteiger partial charge is 0.0646 e. The van der Waals surface area contributed by atoms with Crippen molar-refractivity contribution >= 4 is 15.9 Å². The van der Waals surface area contributed by atoms with Crippen molar-refractivity contribution in [1.82, 2.24) is 15.1 Å². The highest BCUT2D eigenvalue weighted by atomic mass is 79.9. The van der Waals surface area contributed by atoms with E-state index in [0.717, 1.165) is 29.5 Å². The molecule has 0 aliphatic heterocycles. The molecule has 0 radical (unpaired) electrons. The predicted octanol–water partition coefficient (Wildman–Crippen LogP) is 2.79. The number of aromatic nitrogens is 2. The van der Waals surface area contributed by atoms with Gasteiger partial charge in [0.05, 0.1) is 11.9 Å². The molecule has 0 bridgehead atoms. The van der Waals surface area contributed by atoms with Crippen LogP contribution in [0.15, 0.2) is 41.1 Å². The third-order valence-electron chi connectivity index (χ3n) is 2.62. The molecule has 0 saturated carbocycles. The zero-order valence-electron chi connectivity index (χ0n) is 9.86. The van der Waals surface area contributed by atoms with Crippen molar-refractivity contribution in [1.29, 1.82) is 0 Å². The van der Waals surface area contributed by atoms with E-state index in [9.17, 15) is 0 Å². The van der Waals surface area contributed by atoms with E-state index in [4.69, 9.17) is 0 Å². The summed E-state index contributed by atoms with van der Waals surface area (Å²) in [4.78, 5) is 0. The summed E-state index contributed by atoms with van der Waals surface area (Å²) in [6.07, 6.45) is 6.25. The number of halogens is 1. The number of rotatable bonds is 5. The molecule has 17 heavy (non-hydrogen) atoms. The Morgan fingerprint density at radius 2 is 2.06 bits per heavy atom.